The van der Waals surface area contributed by atoms with Crippen molar-refractivity contribution < 1.29 is 10.0 Å². The molecular weight excluding hydrogens is 282 g/mol. The van der Waals surface area contributed by atoms with Crippen LogP contribution in [0.3, 0.4) is 0 Å². The number of para-hydroxylation sites is 1. The number of benzene rings is 2. The summed E-state index contributed by atoms with van der Waals surface area (Å²) in [4.78, 5) is 10.4. The van der Waals surface area contributed by atoms with E-state index in [1.807, 2.05) is 26.8 Å². The topological polar surface area (TPSA) is 88.1 Å². The van der Waals surface area contributed by atoms with E-state index in [9.17, 15) is 15.2 Å². The molecule has 0 bridgehead atoms. The summed E-state index contributed by atoms with van der Waals surface area (Å²) in [7, 11) is 0. The number of phenolic OH excluding ortho intramolecular Hbond substituents is 1. The number of hydrogen-bond donors (Lipinski definition) is 1. The second-order valence-corrected chi connectivity index (χ2v) is 5.90. The zero-order chi connectivity index (χ0) is 16.3. The van der Waals surface area contributed by atoms with E-state index in [4.69, 9.17) is 0 Å². The van der Waals surface area contributed by atoms with E-state index in [-0.39, 0.29) is 28.2 Å². The Bertz CT molecular complexity index is 734. The van der Waals surface area contributed by atoms with Crippen LogP contribution in [0.1, 0.15) is 26.3 Å². The minimum atomic E-state index is -0.514. The SMILES string of the molecule is CC(C)(C)c1ccc(O)c(/N=N/c2ccccc2[N+](=O)[O-])c1. The van der Waals surface area contributed by atoms with Gasteiger partial charge in [0.1, 0.15) is 11.4 Å². The molecule has 0 aromatic heterocycles. The molecule has 0 unspecified atom stereocenters. The van der Waals surface area contributed by atoms with E-state index in [0.717, 1.165) is 5.56 Å². The zero-order valence-electron chi connectivity index (χ0n) is 12.6. The fourth-order valence-corrected chi connectivity index (χ4v) is 1.88. The highest BCUT2D eigenvalue weighted by molar-refractivity contribution is 5.58. The Morgan fingerprint density at radius 2 is 1.68 bits per heavy atom. The molecule has 6 heteroatoms. The monoisotopic (exact) mass is 299 g/mol. The first-order chi connectivity index (χ1) is 10.3. The van der Waals surface area contributed by atoms with E-state index in [1.54, 1.807) is 24.3 Å². The van der Waals surface area contributed by atoms with E-state index >= 15 is 0 Å². The van der Waals surface area contributed by atoms with Gasteiger partial charge in [-0.1, -0.05) is 39.0 Å². The largest absolute Gasteiger partial charge is 0.506 e. The summed E-state index contributed by atoms with van der Waals surface area (Å²) in [5, 5.41) is 28.7. The van der Waals surface area contributed by atoms with Gasteiger partial charge < -0.3 is 5.11 Å². The van der Waals surface area contributed by atoms with Crippen molar-refractivity contribution in [1.29, 1.82) is 0 Å². The maximum absolute atomic E-state index is 10.9. The molecule has 0 saturated carbocycles. The van der Waals surface area contributed by atoms with Crippen molar-refractivity contribution in [1.82, 2.24) is 0 Å². The van der Waals surface area contributed by atoms with Gasteiger partial charge in [-0.2, -0.15) is 0 Å². The fraction of sp³-hybridized carbons (Fsp3) is 0.250. The predicted molar refractivity (Wildman–Crippen MR) is 84.1 cm³/mol. The van der Waals surface area contributed by atoms with Crippen molar-refractivity contribution in [3.63, 3.8) is 0 Å². The third-order valence-electron chi connectivity index (χ3n) is 3.19. The summed E-state index contributed by atoms with van der Waals surface area (Å²) in [5.74, 6) is -0.0182. The van der Waals surface area contributed by atoms with Gasteiger partial charge in [0.2, 0.25) is 0 Å². The van der Waals surface area contributed by atoms with Crippen molar-refractivity contribution in [3.8, 4) is 5.75 Å². The molecule has 0 aliphatic rings. The summed E-state index contributed by atoms with van der Waals surface area (Å²) in [6.45, 7) is 6.13. The van der Waals surface area contributed by atoms with Crippen LogP contribution >= 0.6 is 0 Å². The van der Waals surface area contributed by atoms with Crippen molar-refractivity contribution in [2.45, 2.75) is 26.2 Å². The molecule has 0 atom stereocenters. The van der Waals surface area contributed by atoms with Crippen molar-refractivity contribution in [3.05, 3.63) is 58.1 Å². The van der Waals surface area contributed by atoms with Crippen molar-refractivity contribution >= 4 is 17.1 Å². The molecule has 0 aliphatic carbocycles. The summed E-state index contributed by atoms with van der Waals surface area (Å²) in [5.41, 5.74) is 1.19. The molecule has 0 spiro atoms. The third kappa shape index (κ3) is 3.46. The first-order valence-electron chi connectivity index (χ1n) is 6.77. The smallest absolute Gasteiger partial charge is 0.296 e. The Kier molecular flexibility index (Phi) is 4.21. The molecule has 6 nitrogen and oxygen atoms in total. The average molecular weight is 299 g/mol. The molecule has 22 heavy (non-hydrogen) atoms. The predicted octanol–water partition coefficient (Wildman–Crippen LogP) is 5.01. The number of aromatic hydroxyl groups is 1. The molecule has 114 valence electrons. The van der Waals surface area contributed by atoms with Crippen LogP contribution in [-0.2, 0) is 5.41 Å². The van der Waals surface area contributed by atoms with E-state index < -0.39 is 4.92 Å². The van der Waals surface area contributed by atoms with Crippen LogP contribution in [0.4, 0.5) is 17.1 Å². The maximum Gasteiger partial charge on any atom is 0.296 e. The standard InChI is InChI=1S/C16H17N3O3/c1-16(2,3)11-8-9-15(20)13(10-11)18-17-12-6-4-5-7-14(12)19(21)22/h4-10,20H,1-3H3/b18-17+. The van der Waals surface area contributed by atoms with E-state index in [2.05, 4.69) is 10.2 Å². The van der Waals surface area contributed by atoms with Gasteiger partial charge in [-0.05, 0) is 29.2 Å². The third-order valence-corrected chi connectivity index (χ3v) is 3.19. The molecule has 2 aromatic rings. The van der Waals surface area contributed by atoms with Gasteiger partial charge >= 0.3 is 0 Å². The number of rotatable bonds is 3. The number of nitrogens with zero attached hydrogens (tertiary/aromatic N) is 3. The van der Waals surface area contributed by atoms with E-state index in [1.165, 1.54) is 12.1 Å². The lowest BCUT2D eigenvalue weighted by Crippen LogP contribution is -2.10. The second kappa shape index (κ2) is 5.93. The molecule has 1 N–H and O–H groups in total. The Hall–Kier alpha value is -2.76. The van der Waals surface area contributed by atoms with Crippen LogP contribution in [0.2, 0.25) is 0 Å². The fourth-order valence-electron chi connectivity index (χ4n) is 1.88. The lowest BCUT2D eigenvalue weighted by molar-refractivity contribution is -0.384. The zero-order valence-corrected chi connectivity index (χ0v) is 12.6. The normalized spacial score (nSPS) is 11.8. The molecule has 0 radical (unpaired) electrons. The lowest BCUT2D eigenvalue weighted by Gasteiger charge is -2.19. The first kappa shape index (κ1) is 15.6. The number of azo groups is 1. The van der Waals surface area contributed by atoms with Gasteiger partial charge in [0.15, 0.2) is 5.69 Å². The summed E-state index contributed by atoms with van der Waals surface area (Å²) >= 11 is 0. The second-order valence-electron chi connectivity index (χ2n) is 5.90. The molecule has 2 aromatic carbocycles. The van der Waals surface area contributed by atoms with Crippen LogP contribution in [0, 0.1) is 10.1 Å². The molecule has 0 aliphatic heterocycles. The van der Waals surface area contributed by atoms with E-state index in [0.29, 0.717) is 0 Å². The lowest BCUT2D eigenvalue weighted by atomic mass is 9.87. The summed E-state index contributed by atoms with van der Waals surface area (Å²) < 4.78 is 0. The first-order valence-corrected chi connectivity index (χ1v) is 6.77. The van der Waals surface area contributed by atoms with Crippen LogP contribution in [0.15, 0.2) is 52.7 Å². The summed E-state index contributed by atoms with van der Waals surface area (Å²) in [6.07, 6.45) is 0. The Balaban J connectivity index is 2.41. The quantitative estimate of drug-likeness (QED) is 0.490. The molecule has 0 saturated heterocycles. The average Bonchev–Trinajstić information content (AvgIpc) is 2.45. The Morgan fingerprint density at radius 1 is 1.05 bits per heavy atom. The molecule has 0 fully saturated rings. The van der Waals surface area contributed by atoms with Gasteiger partial charge in [-0.15, -0.1) is 10.2 Å². The highest BCUT2D eigenvalue weighted by Gasteiger charge is 2.16. The minimum absolute atomic E-state index is 0.0182. The minimum Gasteiger partial charge on any atom is -0.506 e. The molecule has 0 amide bonds. The highest BCUT2D eigenvalue weighted by Crippen LogP contribution is 2.35. The van der Waals surface area contributed by atoms with Gasteiger partial charge in [-0.25, -0.2) is 0 Å². The Labute approximate surface area is 128 Å². The van der Waals surface area contributed by atoms with Crippen molar-refractivity contribution in [2.24, 2.45) is 10.2 Å². The van der Waals surface area contributed by atoms with Gasteiger partial charge in [0, 0.05) is 6.07 Å². The number of phenols is 1. The maximum atomic E-state index is 10.9. The van der Waals surface area contributed by atoms with Gasteiger partial charge in [0.05, 0.1) is 4.92 Å². The van der Waals surface area contributed by atoms with Crippen LogP contribution in [0.5, 0.6) is 5.75 Å². The number of hydrogen-bond acceptors (Lipinski definition) is 5. The molecule has 2 rings (SSSR count). The van der Waals surface area contributed by atoms with Crippen molar-refractivity contribution in [2.75, 3.05) is 0 Å². The Morgan fingerprint density at radius 3 is 2.32 bits per heavy atom. The number of nitro benzene ring substituents is 1. The highest BCUT2D eigenvalue weighted by atomic mass is 16.6. The van der Waals surface area contributed by atoms with Gasteiger partial charge in [0.25, 0.3) is 5.69 Å². The molecule has 0 heterocycles. The van der Waals surface area contributed by atoms with Crippen LogP contribution < -0.4 is 0 Å². The van der Waals surface area contributed by atoms with Crippen LogP contribution in [-0.4, -0.2) is 10.0 Å². The molecular formula is C16H17N3O3. The summed E-state index contributed by atoms with van der Waals surface area (Å²) in [6, 6.07) is 11.2. The number of nitro groups is 1. The van der Waals surface area contributed by atoms with Crippen LogP contribution in [0.25, 0.3) is 0 Å². The van der Waals surface area contributed by atoms with Gasteiger partial charge in [-0.3, -0.25) is 10.1 Å².